The van der Waals surface area contributed by atoms with Crippen LogP contribution in [-0.4, -0.2) is 54.9 Å². The molecule has 0 spiro atoms. The minimum absolute atomic E-state index is 0.0913. The molecule has 1 N–H and O–H groups in total. The quantitative estimate of drug-likeness (QED) is 0.528. The summed E-state index contributed by atoms with van der Waals surface area (Å²) in [6, 6.07) is 0. The fourth-order valence-electron chi connectivity index (χ4n) is 1.74. The van der Waals surface area contributed by atoms with Crippen molar-refractivity contribution in [2.75, 3.05) is 13.2 Å². The lowest BCUT2D eigenvalue weighted by Crippen LogP contribution is -2.40. The van der Waals surface area contributed by atoms with E-state index in [0.29, 0.717) is 0 Å². The molecule has 1 heterocycles. The molecule has 0 aliphatic carbocycles. The molecule has 0 saturated carbocycles. The van der Waals surface area contributed by atoms with Crippen molar-refractivity contribution in [1.29, 1.82) is 0 Å². The summed E-state index contributed by atoms with van der Waals surface area (Å²) in [4.78, 5) is 21.8. The van der Waals surface area contributed by atoms with Gasteiger partial charge in [0, 0.05) is 13.8 Å². The fourth-order valence-corrected chi connectivity index (χ4v) is 1.74. The van der Waals surface area contributed by atoms with Gasteiger partial charge < -0.3 is 24.1 Å². The maximum Gasteiger partial charge on any atom is 0.303 e. The summed E-state index contributed by atoms with van der Waals surface area (Å²) < 4.78 is 20.4. The van der Waals surface area contributed by atoms with Crippen LogP contribution in [0, 0.1) is 0 Å². The van der Waals surface area contributed by atoms with E-state index < -0.39 is 36.5 Å². The Morgan fingerprint density at radius 2 is 2.00 bits per heavy atom. The molecule has 0 aromatic heterocycles. The van der Waals surface area contributed by atoms with Gasteiger partial charge >= 0.3 is 11.9 Å². The zero-order valence-corrected chi connectivity index (χ0v) is 10.9. The van der Waals surface area contributed by atoms with Crippen LogP contribution in [0.25, 0.3) is 0 Å². The van der Waals surface area contributed by atoms with Gasteiger partial charge in [-0.1, -0.05) is 6.08 Å². The molecule has 4 atom stereocenters. The molecule has 0 aromatic carbocycles. The molecule has 1 saturated heterocycles. The van der Waals surface area contributed by atoms with Crippen LogP contribution in [0.4, 0.5) is 0 Å². The topological polar surface area (TPSA) is 91.3 Å². The first-order valence-electron chi connectivity index (χ1n) is 5.82. The second-order valence-corrected chi connectivity index (χ2v) is 4.03. The third-order valence-electron chi connectivity index (χ3n) is 2.44. The van der Waals surface area contributed by atoms with Crippen molar-refractivity contribution in [2.45, 2.75) is 38.4 Å². The number of hydrogen-bond acceptors (Lipinski definition) is 7. The molecule has 7 nitrogen and oxygen atoms in total. The van der Waals surface area contributed by atoms with Crippen molar-refractivity contribution in [1.82, 2.24) is 0 Å². The molecule has 1 aliphatic heterocycles. The van der Waals surface area contributed by atoms with E-state index >= 15 is 0 Å². The van der Waals surface area contributed by atoms with Gasteiger partial charge in [0.15, 0.2) is 12.4 Å². The van der Waals surface area contributed by atoms with Crippen LogP contribution in [-0.2, 0) is 28.5 Å². The zero-order chi connectivity index (χ0) is 14.4. The fraction of sp³-hybridized carbons (Fsp3) is 0.667. The van der Waals surface area contributed by atoms with E-state index in [1.165, 1.54) is 19.9 Å². The van der Waals surface area contributed by atoms with Crippen LogP contribution < -0.4 is 0 Å². The highest BCUT2D eigenvalue weighted by Crippen LogP contribution is 2.26. The van der Waals surface area contributed by atoms with Gasteiger partial charge in [0.25, 0.3) is 0 Å². The highest BCUT2D eigenvalue weighted by atomic mass is 16.7. The lowest BCUT2D eigenvalue weighted by molar-refractivity contribution is -0.172. The first-order chi connectivity index (χ1) is 8.95. The molecule has 0 bridgehead atoms. The maximum atomic E-state index is 11.0. The average molecular weight is 274 g/mol. The Labute approximate surface area is 111 Å². The molecule has 7 heteroatoms. The van der Waals surface area contributed by atoms with Gasteiger partial charge in [-0.05, 0) is 0 Å². The van der Waals surface area contributed by atoms with Gasteiger partial charge in [0.1, 0.15) is 18.8 Å². The average Bonchev–Trinajstić information content (AvgIpc) is 2.60. The molecule has 0 amide bonds. The summed E-state index contributed by atoms with van der Waals surface area (Å²) in [5.41, 5.74) is 0. The molecule has 0 unspecified atom stereocenters. The number of aliphatic hydroxyl groups is 1. The van der Waals surface area contributed by atoms with Gasteiger partial charge in [0.2, 0.25) is 0 Å². The van der Waals surface area contributed by atoms with Crippen LogP contribution >= 0.6 is 0 Å². The summed E-state index contributed by atoms with van der Waals surface area (Å²) in [5.74, 6) is -1.04. The molecule has 108 valence electrons. The molecule has 1 aliphatic rings. The van der Waals surface area contributed by atoms with Gasteiger partial charge in [-0.25, -0.2) is 0 Å². The Morgan fingerprint density at radius 1 is 1.32 bits per heavy atom. The highest BCUT2D eigenvalue weighted by molar-refractivity contribution is 5.66. The van der Waals surface area contributed by atoms with E-state index in [9.17, 15) is 14.7 Å². The second-order valence-electron chi connectivity index (χ2n) is 4.03. The molecule has 1 rings (SSSR count). The van der Waals surface area contributed by atoms with Gasteiger partial charge in [-0.2, -0.15) is 0 Å². The van der Waals surface area contributed by atoms with Crippen LogP contribution in [0.1, 0.15) is 13.8 Å². The van der Waals surface area contributed by atoms with Crippen molar-refractivity contribution in [3.8, 4) is 0 Å². The second kappa shape index (κ2) is 7.22. The number of carbonyl (C=O) groups excluding carboxylic acids is 2. The number of carbonyl (C=O) groups is 2. The van der Waals surface area contributed by atoms with E-state index in [4.69, 9.17) is 18.9 Å². The molecule has 0 aromatic rings. The summed E-state index contributed by atoms with van der Waals surface area (Å²) in [6.07, 6.45) is -2.20. The van der Waals surface area contributed by atoms with Gasteiger partial charge in [-0.15, -0.1) is 6.58 Å². The Balaban J connectivity index is 2.70. The number of hydrogen-bond donors (Lipinski definition) is 1. The van der Waals surface area contributed by atoms with E-state index in [2.05, 4.69) is 6.58 Å². The summed E-state index contributed by atoms with van der Waals surface area (Å²) in [5, 5.41) is 9.70. The van der Waals surface area contributed by atoms with Crippen molar-refractivity contribution in [3.05, 3.63) is 12.7 Å². The van der Waals surface area contributed by atoms with Crippen molar-refractivity contribution in [2.24, 2.45) is 0 Å². The van der Waals surface area contributed by atoms with Gasteiger partial charge in [-0.3, -0.25) is 9.59 Å². The standard InChI is InChI=1S/C12H18O7/c1-4-5-16-10-9(6-17-7(2)13)19-12(15)11(10)18-8(3)14/h4,9-12,15H,1,5-6H2,2-3H3/t9-,10-,11+,12+/m0/s1. The van der Waals surface area contributed by atoms with Crippen LogP contribution in [0.2, 0.25) is 0 Å². The number of ether oxygens (including phenoxy) is 4. The lowest BCUT2D eigenvalue weighted by Gasteiger charge is -2.22. The van der Waals surface area contributed by atoms with Gasteiger partial charge in [0.05, 0.1) is 6.61 Å². The first-order valence-corrected chi connectivity index (χ1v) is 5.82. The van der Waals surface area contributed by atoms with Crippen LogP contribution in [0.5, 0.6) is 0 Å². The minimum atomic E-state index is -1.32. The lowest BCUT2D eigenvalue weighted by atomic mass is 10.1. The number of rotatable bonds is 6. The Kier molecular flexibility index (Phi) is 5.94. The smallest absolute Gasteiger partial charge is 0.303 e. The van der Waals surface area contributed by atoms with E-state index in [1.807, 2.05) is 0 Å². The summed E-state index contributed by atoms with van der Waals surface area (Å²) >= 11 is 0. The van der Waals surface area contributed by atoms with E-state index in [-0.39, 0.29) is 13.2 Å². The Hall–Kier alpha value is -1.44. The van der Waals surface area contributed by atoms with Crippen LogP contribution in [0.15, 0.2) is 12.7 Å². The third kappa shape index (κ3) is 4.62. The summed E-state index contributed by atoms with van der Waals surface area (Å²) in [7, 11) is 0. The predicted molar refractivity (Wildman–Crippen MR) is 63.0 cm³/mol. The molecular weight excluding hydrogens is 256 g/mol. The Bertz CT molecular complexity index is 341. The molecule has 1 fully saturated rings. The maximum absolute atomic E-state index is 11.0. The number of aliphatic hydroxyl groups excluding tert-OH is 1. The van der Waals surface area contributed by atoms with Crippen molar-refractivity contribution in [3.63, 3.8) is 0 Å². The normalized spacial score (nSPS) is 29.8. The number of esters is 2. The predicted octanol–water partition coefficient (Wildman–Crippen LogP) is -0.230. The largest absolute Gasteiger partial charge is 0.463 e. The minimum Gasteiger partial charge on any atom is -0.463 e. The SMILES string of the molecule is C=CCO[C@@H]1[C@@H](OC(C)=O)[C@H](O)O[C@H]1COC(C)=O. The first kappa shape index (κ1) is 15.6. The third-order valence-corrected chi connectivity index (χ3v) is 2.44. The van der Waals surface area contributed by atoms with Crippen molar-refractivity contribution >= 4 is 11.9 Å². The monoisotopic (exact) mass is 274 g/mol. The summed E-state index contributed by atoms with van der Waals surface area (Å²) in [6.45, 7) is 6.08. The Morgan fingerprint density at radius 3 is 2.53 bits per heavy atom. The molecule has 19 heavy (non-hydrogen) atoms. The molecular formula is C12H18O7. The van der Waals surface area contributed by atoms with Crippen LogP contribution in [0.3, 0.4) is 0 Å². The van der Waals surface area contributed by atoms with Crippen molar-refractivity contribution < 1.29 is 33.6 Å². The van der Waals surface area contributed by atoms with E-state index in [1.54, 1.807) is 0 Å². The highest BCUT2D eigenvalue weighted by Gasteiger charge is 2.47. The molecule has 0 radical (unpaired) electrons. The zero-order valence-electron chi connectivity index (χ0n) is 10.9. The van der Waals surface area contributed by atoms with E-state index in [0.717, 1.165) is 0 Å².